The van der Waals surface area contributed by atoms with Crippen molar-refractivity contribution < 1.29 is 4.79 Å². The van der Waals surface area contributed by atoms with Gasteiger partial charge in [0.2, 0.25) is 5.91 Å². The summed E-state index contributed by atoms with van der Waals surface area (Å²) in [6.45, 7) is 6.25. The maximum absolute atomic E-state index is 12.6. The lowest BCUT2D eigenvalue weighted by Crippen LogP contribution is -2.52. The average molecular weight is 343 g/mol. The largest absolute Gasteiger partial charge is 0.337 e. The summed E-state index contributed by atoms with van der Waals surface area (Å²) in [5, 5.41) is 17.1. The number of likely N-dealkylation sites (tertiary alicyclic amines) is 1. The number of nitrogens with one attached hydrogen (secondary N) is 1. The summed E-state index contributed by atoms with van der Waals surface area (Å²) in [4.78, 5) is 14.8. The number of piperidine rings is 1. The summed E-state index contributed by atoms with van der Waals surface area (Å²) < 4.78 is 2.06. The van der Waals surface area contributed by atoms with E-state index in [4.69, 9.17) is 0 Å². The van der Waals surface area contributed by atoms with Crippen molar-refractivity contribution in [1.82, 2.24) is 20.0 Å². The zero-order valence-corrected chi connectivity index (χ0v) is 15.4. The van der Waals surface area contributed by atoms with Crippen LogP contribution in [0.25, 0.3) is 0 Å². The molecule has 1 aromatic heterocycles. The molecular weight excluding hydrogens is 314 g/mol. The van der Waals surface area contributed by atoms with Crippen LogP contribution in [0.3, 0.4) is 0 Å². The molecule has 1 N–H and O–H groups in total. The van der Waals surface area contributed by atoms with E-state index in [0.29, 0.717) is 12.6 Å². The third-order valence-corrected chi connectivity index (χ3v) is 5.63. The minimum absolute atomic E-state index is 0.0104. The molecule has 1 amide bonds. The molecule has 0 bridgehead atoms. The Morgan fingerprint density at radius 3 is 2.76 bits per heavy atom. The molecule has 25 heavy (non-hydrogen) atoms. The van der Waals surface area contributed by atoms with Gasteiger partial charge in [-0.05, 0) is 65.0 Å². The number of amides is 1. The van der Waals surface area contributed by atoms with Crippen LogP contribution >= 0.6 is 0 Å². The molecule has 1 aromatic rings. The van der Waals surface area contributed by atoms with Gasteiger partial charge in [0.1, 0.15) is 5.54 Å². The minimum atomic E-state index is -0.627. The van der Waals surface area contributed by atoms with E-state index in [1.165, 1.54) is 12.1 Å². The molecule has 0 aromatic carbocycles. The van der Waals surface area contributed by atoms with Crippen LogP contribution in [0, 0.1) is 25.2 Å². The summed E-state index contributed by atoms with van der Waals surface area (Å²) in [5.41, 5.74) is 1.58. The quantitative estimate of drug-likeness (QED) is 0.890. The Hall–Kier alpha value is -1.87. The molecular formula is C19H29N5O. The highest BCUT2D eigenvalue weighted by Crippen LogP contribution is 2.29. The second-order valence-electron chi connectivity index (χ2n) is 7.68. The first kappa shape index (κ1) is 17.9. The fourth-order valence-electron chi connectivity index (χ4n) is 4.27. The fourth-order valence-corrected chi connectivity index (χ4v) is 4.27. The van der Waals surface area contributed by atoms with Gasteiger partial charge >= 0.3 is 0 Å². The molecule has 3 rings (SSSR count). The first-order valence-electron chi connectivity index (χ1n) is 9.49. The molecule has 1 aliphatic heterocycles. The van der Waals surface area contributed by atoms with Gasteiger partial charge in [-0.15, -0.1) is 0 Å². The maximum Gasteiger partial charge on any atom is 0.235 e. The molecule has 1 saturated heterocycles. The van der Waals surface area contributed by atoms with E-state index in [0.717, 1.165) is 57.3 Å². The van der Waals surface area contributed by atoms with Gasteiger partial charge in [0.25, 0.3) is 0 Å². The zero-order chi connectivity index (χ0) is 17.9. The van der Waals surface area contributed by atoms with Gasteiger partial charge in [-0.25, -0.2) is 0 Å². The van der Waals surface area contributed by atoms with E-state index < -0.39 is 5.54 Å². The molecule has 2 heterocycles. The zero-order valence-electron chi connectivity index (χ0n) is 15.4. The Morgan fingerprint density at radius 2 is 2.12 bits per heavy atom. The molecule has 1 atom stereocenters. The van der Waals surface area contributed by atoms with Crippen LogP contribution in [0.15, 0.2) is 6.07 Å². The normalized spacial score (nSPS) is 23.3. The van der Waals surface area contributed by atoms with Gasteiger partial charge in [0, 0.05) is 11.7 Å². The van der Waals surface area contributed by atoms with Crippen molar-refractivity contribution in [1.29, 1.82) is 5.26 Å². The van der Waals surface area contributed by atoms with Crippen molar-refractivity contribution in [3.8, 4) is 6.07 Å². The first-order chi connectivity index (χ1) is 12.0. The molecule has 6 heteroatoms. The lowest BCUT2D eigenvalue weighted by atomic mass is 9.99. The Kier molecular flexibility index (Phi) is 5.43. The maximum atomic E-state index is 12.6. The van der Waals surface area contributed by atoms with Gasteiger partial charge in [0.05, 0.1) is 24.9 Å². The van der Waals surface area contributed by atoms with Gasteiger partial charge < -0.3 is 5.32 Å². The monoisotopic (exact) mass is 343 g/mol. The van der Waals surface area contributed by atoms with Crippen LogP contribution in [-0.4, -0.2) is 45.3 Å². The van der Waals surface area contributed by atoms with E-state index in [1.54, 1.807) is 0 Å². The third-order valence-electron chi connectivity index (χ3n) is 5.63. The van der Waals surface area contributed by atoms with Crippen molar-refractivity contribution in [2.24, 2.45) is 0 Å². The van der Waals surface area contributed by atoms with Crippen LogP contribution in [0.5, 0.6) is 0 Å². The van der Waals surface area contributed by atoms with E-state index in [2.05, 4.69) is 39.1 Å². The second kappa shape index (κ2) is 7.57. The number of hydrogen-bond donors (Lipinski definition) is 1. The van der Waals surface area contributed by atoms with Gasteiger partial charge in [-0.1, -0.05) is 6.42 Å². The predicted molar refractivity (Wildman–Crippen MR) is 95.9 cm³/mol. The summed E-state index contributed by atoms with van der Waals surface area (Å²) >= 11 is 0. The molecule has 0 radical (unpaired) electrons. The summed E-state index contributed by atoms with van der Waals surface area (Å²) in [6, 6.07) is 4.77. The fraction of sp³-hybridized carbons (Fsp3) is 0.737. The average Bonchev–Trinajstić information content (AvgIpc) is 3.16. The predicted octanol–water partition coefficient (Wildman–Crippen LogP) is 2.31. The number of hydrogen-bond acceptors (Lipinski definition) is 4. The number of carbonyl (C=O) groups excluding carboxylic acids is 1. The lowest BCUT2D eigenvalue weighted by Gasteiger charge is -2.36. The molecule has 1 aliphatic carbocycles. The van der Waals surface area contributed by atoms with E-state index >= 15 is 0 Å². The van der Waals surface area contributed by atoms with Gasteiger partial charge in [-0.2, -0.15) is 10.4 Å². The Balaban J connectivity index is 1.62. The highest BCUT2D eigenvalue weighted by molar-refractivity contribution is 5.79. The SMILES string of the molecule is Cc1cc(C)n(C[C@H]2CCCCN2CC(=O)NC2(C#N)CCCC2)n1. The summed E-state index contributed by atoms with van der Waals surface area (Å²) in [6.07, 6.45) is 7.04. The molecule has 2 fully saturated rings. The smallest absolute Gasteiger partial charge is 0.235 e. The van der Waals surface area contributed by atoms with E-state index in [1.807, 2.05) is 6.92 Å². The van der Waals surface area contributed by atoms with Crippen molar-refractivity contribution in [3.63, 3.8) is 0 Å². The molecule has 6 nitrogen and oxygen atoms in total. The van der Waals surface area contributed by atoms with Crippen molar-refractivity contribution in [3.05, 3.63) is 17.5 Å². The van der Waals surface area contributed by atoms with Crippen LogP contribution in [0.2, 0.25) is 0 Å². The molecule has 136 valence electrons. The van der Waals surface area contributed by atoms with Crippen LogP contribution in [-0.2, 0) is 11.3 Å². The topological polar surface area (TPSA) is 74.0 Å². The Morgan fingerprint density at radius 1 is 1.36 bits per heavy atom. The first-order valence-corrected chi connectivity index (χ1v) is 9.49. The van der Waals surface area contributed by atoms with Crippen molar-refractivity contribution in [2.45, 2.75) is 76.9 Å². The second-order valence-corrected chi connectivity index (χ2v) is 7.68. The van der Waals surface area contributed by atoms with Crippen molar-refractivity contribution >= 4 is 5.91 Å². The summed E-state index contributed by atoms with van der Waals surface area (Å²) in [7, 11) is 0. The van der Waals surface area contributed by atoms with Crippen molar-refractivity contribution in [2.75, 3.05) is 13.1 Å². The van der Waals surface area contributed by atoms with E-state index in [9.17, 15) is 10.1 Å². The summed E-state index contributed by atoms with van der Waals surface area (Å²) in [5.74, 6) is -0.0104. The standard InChI is InChI=1S/C19H29N5O/c1-15-11-16(2)24(22-15)12-17-7-3-6-10-23(17)13-18(25)21-19(14-20)8-4-5-9-19/h11,17H,3-10,12-13H2,1-2H3,(H,21,25)/t17-/m1/s1. The van der Waals surface area contributed by atoms with Crippen LogP contribution in [0.1, 0.15) is 56.3 Å². The molecule has 2 aliphatic rings. The highest BCUT2D eigenvalue weighted by Gasteiger charge is 2.36. The highest BCUT2D eigenvalue weighted by atomic mass is 16.2. The molecule has 1 saturated carbocycles. The number of nitriles is 1. The minimum Gasteiger partial charge on any atom is -0.337 e. The number of aryl methyl sites for hydroxylation is 2. The van der Waals surface area contributed by atoms with E-state index in [-0.39, 0.29) is 5.91 Å². The van der Waals surface area contributed by atoms with Crippen LogP contribution < -0.4 is 5.32 Å². The Bertz CT molecular complexity index is 653. The molecule has 0 spiro atoms. The molecule has 0 unspecified atom stereocenters. The van der Waals surface area contributed by atoms with Gasteiger partial charge in [-0.3, -0.25) is 14.4 Å². The van der Waals surface area contributed by atoms with Gasteiger partial charge in [0.15, 0.2) is 0 Å². The number of aromatic nitrogens is 2. The lowest BCUT2D eigenvalue weighted by molar-refractivity contribution is -0.124. The van der Waals surface area contributed by atoms with Crippen LogP contribution in [0.4, 0.5) is 0 Å². The number of carbonyl (C=O) groups is 1. The number of rotatable bonds is 5. The number of nitrogens with zero attached hydrogens (tertiary/aromatic N) is 4. The third kappa shape index (κ3) is 4.21. The Labute approximate surface area is 150 Å².